The van der Waals surface area contributed by atoms with Crippen LogP contribution in [0.5, 0.6) is 0 Å². The van der Waals surface area contributed by atoms with E-state index in [9.17, 15) is 9.59 Å². The Morgan fingerprint density at radius 1 is 0.800 bits per heavy atom. The lowest BCUT2D eigenvalue weighted by molar-refractivity contribution is -0.195. The fourth-order valence-corrected chi connectivity index (χ4v) is 3.19. The van der Waals surface area contributed by atoms with Crippen LogP contribution in [0.4, 0.5) is 0 Å². The Morgan fingerprint density at radius 2 is 1.33 bits per heavy atom. The summed E-state index contributed by atoms with van der Waals surface area (Å²) in [6.07, 6.45) is -2.88. The van der Waals surface area contributed by atoms with Crippen LogP contribution < -0.4 is 0 Å². The van der Waals surface area contributed by atoms with Gasteiger partial charge < -0.3 is 23.7 Å². The van der Waals surface area contributed by atoms with E-state index in [0.29, 0.717) is 6.61 Å². The number of benzene rings is 2. The molecule has 1 fully saturated rings. The van der Waals surface area contributed by atoms with Crippen molar-refractivity contribution < 1.29 is 33.3 Å². The molecule has 0 aliphatic carbocycles. The van der Waals surface area contributed by atoms with Gasteiger partial charge in [-0.2, -0.15) is 0 Å². The van der Waals surface area contributed by atoms with Gasteiger partial charge in [0.2, 0.25) is 6.29 Å². The van der Waals surface area contributed by atoms with Gasteiger partial charge in [-0.1, -0.05) is 60.7 Å². The Hall–Kier alpha value is -2.74. The molecule has 1 aliphatic rings. The number of carbonyl (C=O) groups is 2. The monoisotopic (exact) mass is 414 g/mol. The largest absolute Gasteiger partial charge is 0.463 e. The lowest BCUT2D eigenvalue weighted by Crippen LogP contribution is -2.40. The predicted octanol–water partition coefficient (Wildman–Crippen LogP) is 3.01. The fourth-order valence-electron chi connectivity index (χ4n) is 3.19. The van der Waals surface area contributed by atoms with Crippen molar-refractivity contribution in [2.75, 3.05) is 6.61 Å². The summed E-state index contributed by atoms with van der Waals surface area (Å²) in [5.41, 5.74) is 1.94. The number of ether oxygens (including phenoxy) is 5. The van der Waals surface area contributed by atoms with Crippen LogP contribution in [0.3, 0.4) is 0 Å². The molecule has 0 bridgehead atoms. The van der Waals surface area contributed by atoms with E-state index < -0.39 is 36.5 Å². The topological polar surface area (TPSA) is 80.3 Å². The first-order valence-corrected chi connectivity index (χ1v) is 9.80. The number of hydrogen-bond acceptors (Lipinski definition) is 7. The summed E-state index contributed by atoms with van der Waals surface area (Å²) < 4.78 is 28.5. The Balaban J connectivity index is 1.76. The maximum absolute atomic E-state index is 11.6. The number of esters is 2. The van der Waals surface area contributed by atoms with Gasteiger partial charge in [0.15, 0.2) is 0 Å². The van der Waals surface area contributed by atoms with E-state index in [2.05, 4.69) is 0 Å². The summed E-state index contributed by atoms with van der Waals surface area (Å²) in [6, 6.07) is 19.3. The molecular formula is C23H26O7. The second-order valence-electron chi connectivity index (χ2n) is 6.98. The van der Waals surface area contributed by atoms with Crippen LogP contribution in [-0.2, 0) is 46.5 Å². The number of carbonyl (C=O) groups excluding carboxylic acids is 2. The molecule has 160 valence electrons. The van der Waals surface area contributed by atoms with Crippen LogP contribution in [0, 0.1) is 0 Å². The molecule has 0 radical (unpaired) electrons. The van der Waals surface area contributed by atoms with Gasteiger partial charge in [-0.25, -0.2) is 0 Å². The quantitative estimate of drug-likeness (QED) is 0.584. The third-order valence-electron chi connectivity index (χ3n) is 4.57. The molecule has 1 saturated heterocycles. The second-order valence-corrected chi connectivity index (χ2v) is 6.98. The molecule has 2 aromatic carbocycles. The van der Waals surface area contributed by atoms with Gasteiger partial charge in [0.25, 0.3) is 0 Å². The van der Waals surface area contributed by atoms with Gasteiger partial charge in [-0.05, 0) is 11.1 Å². The maximum Gasteiger partial charge on any atom is 0.305 e. The van der Waals surface area contributed by atoms with Crippen molar-refractivity contribution in [3.63, 3.8) is 0 Å². The zero-order valence-corrected chi connectivity index (χ0v) is 17.1. The normalized spacial score (nSPS) is 23.1. The van der Waals surface area contributed by atoms with E-state index in [0.717, 1.165) is 11.1 Å². The summed E-state index contributed by atoms with van der Waals surface area (Å²) in [4.78, 5) is 22.9. The SMILES string of the molecule is CC(=O)OC[C@H]1OC(OC(C)=O)[C@@H](OCc2ccccc2)[C@@H]1OCc1ccccc1. The van der Waals surface area contributed by atoms with Gasteiger partial charge >= 0.3 is 11.9 Å². The summed E-state index contributed by atoms with van der Waals surface area (Å²) in [6.45, 7) is 3.19. The molecule has 1 aliphatic heterocycles. The highest BCUT2D eigenvalue weighted by molar-refractivity contribution is 5.66. The first-order chi connectivity index (χ1) is 14.5. The minimum atomic E-state index is -0.965. The van der Waals surface area contributed by atoms with Crippen molar-refractivity contribution in [2.24, 2.45) is 0 Å². The van der Waals surface area contributed by atoms with Crippen LogP contribution in [-0.4, -0.2) is 43.1 Å². The van der Waals surface area contributed by atoms with E-state index in [1.54, 1.807) is 0 Å². The van der Waals surface area contributed by atoms with Crippen LogP contribution in [0.15, 0.2) is 60.7 Å². The Morgan fingerprint density at radius 3 is 1.83 bits per heavy atom. The molecule has 2 aromatic rings. The molecule has 0 N–H and O–H groups in total. The van der Waals surface area contributed by atoms with Crippen molar-refractivity contribution in [3.8, 4) is 0 Å². The van der Waals surface area contributed by atoms with E-state index in [-0.39, 0.29) is 13.2 Å². The lowest BCUT2D eigenvalue weighted by atomic mass is 10.1. The standard InChI is InChI=1S/C23H26O7/c1-16(24)26-15-20-21(27-13-18-9-5-3-6-10-18)22(23(30-20)29-17(2)25)28-14-19-11-7-4-8-12-19/h3-12,20-23H,13-15H2,1-2H3/t20-,21-,22+,23?/m1/s1. The predicted molar refractivity (Wildman–Crippen MR) is 107 cm³/mol. The van der Waals surface area contributed by atoms with Crippen LogP contribution in [0.2, 0.25) is 0 Å². The van der Waals surface area contributed by atoms with E-state index in [1.807, 2.05) is 60.7 Å². The van der Waals surface area contributed by atoms with Crippen LogP contribution >= 0.6 is 0 Å². The minimum Gasteiger partial charge on any atom is -0.463 e. The van der Waals surface area contributed by atoms with E-state index in [1.165, 1.54) is 13.8 Å². The van der Waals surface area contributed by atoms with Crippen molar-refractivity contribution in [3.05, 3.63) is 71.8 Å². The fraction of sp³-hybridized carbons (Fsp3) is 0.391. The van der Waals surface area contributed by atoms with E-state index in [4.69, 9.17) is 23.7 Å². The Bertz CT molecular complexity index is 809. The molecule has 0 aromatic heterocycles. The van der Waals surface area contributed by atoms with Gasteiger partial charge in [0, 0.05) is 13.8 Å². The molecule has 1 heterocycles. The van der Waals surface area contributed by atoms with E-state index >= 15 is 0 Å². The van der Waals surface area contributed by atoms with Crippen LogP contribution in [0.1, 0.15) is 25.0 Å². The minimum absolute atomic E-state index is 0.0300. The maximum atomic E-state index is 11.6. The van der Waals surface area contributed by atoms with Crippen molar-refractivity contribution in [1.82, 2.24) is 0 Å². The average molecular weight is 414 g/mol. The zero-order chi connectivity index (χ0) is 21.3. The first kappa shape index (κ1) is 22.0. The lowest BCUT2D eigenvalue weighted by Gasteiger charge is -2.24. The molecular weight excluding hydrogens is 388 g/mol. The highest BCUT2D eigenvalue weighted by Crippen LogP contribution is 2.29. The van der Waals surface area contributed by atoms with Crippen molar-refractivity contribution in [2.45, 2.75) is 51.7 Å². The second kappa shape index (κ2) is 10.9. The van der Waals surface area contributed by atoms with Gasteiger partial charge in [0.05, 0.1) is 13.2 Å². The molecule has 0 spiro atoms. The zero-order valence-electron chi connectivity index (χ0n) is 17.1. The molecule has 4 atom stereocenters. The highest BCUT2D eigenvalue weighted by Gasteiger charge is 2.48. The smallest absolute Gasteiger partial charge is 0.305 e. The molecule has 7 heteroatoms. The summed E-state index contributed by atoms with van der Waals surface area (Å²) >= 11 is 0. The molecule has 30 heavy (non-hydrogen) atoms. The third kappa shape index (κ3) is 6.38. The van der Waals surface area contributed by atoms with Crippen molar-refractivity contribution >= 4 is 11.9 Å². The number of rotatable bonds is 9. The van der Waals surface area contributed by atoms with Gasteiger partial charge in [0.1, 0.15) is 24.9 Å². The average Bonchev–Trinajstić information content (AvgIpc) is 3.06. The van der Waals surface area contributed by atoms with Crippen molar-refractivity contribution in [1.29, 1.82) is 0 Å². The summed E-state index contributed by atoms with van der Waals surface area (Å²) in [5.74, 6) is -0.929. The Kier molecular flexibility index (Phi) is 7.96. The Labute approximate surface area is 175 Å². The first-order valence-electron chi connectivity index (χ1n) is 9.80. The highest BCUT2D eigenvalue weighted by atomic mass is 16.7. The summed E-state index contributed by atoms with van der Waals surface area (Å²) in [7, 11) is 0. The molecule has 3 rings (SSSR count). The summed E-state index contributed by atoms with van der Waals surface area (Å²) in [5, 5.41) is 0. The van der Waals surface area contributed by atoms with Gasteiger partial charge in [-0.3, -0.25) is 9.59 Å². The molecule has 0 amide bonds. The van der Waals surface area contributed by atoms with Crippen LogP contribution in [0.25, 0.3) is 0 Å². The molecule has 0 saturated carbocycles. The number of hydrogen-bond donors (Lipinski definition) is 0. The van der Waals surface area contributed by atoms with Gasteiger partial charge in [-0.15, -0.1) is 0 Å². The molecule has 1 unspecified atom stereocenters. The molecule has 7 nitrogen and oxygen atoms in total. The third-order valence-corrected chi connectivity index (χ3v) is 4.57.